The average Bonchev–Trinajstić information content (AvgIpc) is 2.77. The van der Waals surface area contributed by atoms with Crippen LogP contribution in [0.15, 0.2) is 54.6 Å². The molecule has 2 amide bonds. The molecule has 0 unspecified atom stereocenters. The van der Waals surface area contributed by atoms with Crippen molar-refractivity contribution in [3.05, 3.63) is 60.2 Å². The number of hydrogen-bond acceptors (Lipinski definition) is 5. The van der Waals surface area contributed by atoms with Crippen LogP contribution in [0.2, 0.25) is 0 Å². The number of rotatable bonds is 12. The molecule has 2 aromatic rings. The number of carboxylic acid groups (broad SMARTS) is 1. The van der Waals surface area contributed by atoms with Crippen LogP contribution >= 0.6 is 0 Å². The minimum atomic E-state index is -1.09. The summed E-state index contributed by atoms with van der Waals surface area (Å²) in [7, 11) is 0. The van der Waals surface area contributed by atoms with Crippen LogP contribution in [0.4, 0.5) is 5.69 Å². The lowest BCUT2D eigenvalue weighted by Crippen LogP contribution is -2.54. The molecule has 0 aliphatic rings. The second-order valence-electron chi connectivity index (χ2n) is 8.49. The van der Waals surface area contributed by atoms with E-state index in [0.717, 1.165) is 0 Å². The van der Waals surface area contributed by atoms with Crippen LogP contribution in [0.1, 0.15) is 39.2 Å². The van der Waals surface area contributed by atoms with Gasteiger partial charge in [0.25, 0.3) is 0 Å². The molecule has 5 N–H and O–H groups in total. The van der Waals surface area contributed by atoms with Crippen molar-refractivity contribution in [2.24, 2.45) is 5.92 Å². The van der Waals surface area contributed by atoms with Crippen LogP contribution < -0.4 is 16.0 Å². The molecule has 0 fully saturated rings. The molecule has 8 heteroatoms. The van der Waals surface area contributed by atoms with E-state index in [1.54, 1.807) is 48.5 Å². The van der Waals surface area contributed by atoms with E-state index < -0.39 is 30.0 Å². The molecule has 8 nitrogen and oxygen atoms in total. The first-order valence-corrected chi connectivity index (χ1v) is 11.1. The summed E-state index contributed by atoms with van der Waals surface area (Å²) in [5.41, 5.74) is 1.28. The van der Waals surface area contributed by atoms with Crippen LogP contribution in [-0.4, -0.2) is 46.1 Å². The number of phenols is 1. The van der Waals surface area contributed by atoms with Crippen LogP contribution in [0.5, 0.6) is 5.75 Å². The number of phenolic OH excluding ortho intramolecular Hbond substituents is 1. The molecule has 0 aromatic heterocycles. The third kappa shape index (κ3) is 8.57. The molecule has 0 saturated heterocycles. The van der Waals surface area contributed by atoms with Crippen LogP contribution in [0.3, 0.4) is 0 Å². The molecule has 0 aliphatic heterocycles. The third-order valence-corrected chi connectivity index (χ3v) is 5.21. The Morgan fingerprint density at radius 2 is 1.52 bits per heavy atom. The van der Waals surface area contributed by atoms with Gasteiger partial charge in [-0.1, -0.05) is 50.2 Å². The van der Waals surface area contributed by atoms with Gasteiger partial charge >= 0.3 is 5.97 Å². The van der Waals surface area contributed by atoms with Gasteiger partial charge in [-0.15, -0.1) is 0 Å². The van der Waals surface area contributed by atoms with Crippen LogP contribution in [0.25, 0.3) is 0 Å². The highest BCUT2D eigenvalue weighted by atomic mass is 16.4. The lowest BCUT2D eigenvalue weighted by Gasteiger charge is -2.25. The predicted molar refractivity (Wildman–Crippen MR) is 127 cm³/mol. The number of carbonyl (C=O) groups is 3. The topological polar surface area (TPSA) is 128 Å². The summed E-state index contributed by atoms with van der Waals surface area (Å²) in [5.74, 6) is -1.64. The summed E-state index contributed by atoms with van der Waals surface area (Å²) in [6.45, 7) is 5.36. The maximum atomic E-state index is 13.1. The lowest BCUT2D eigenvalue weighted by atomic mass is 10.00. The Labute approximate surface area is 194 Å². The van der Waals surface area contributed by atoms with Gasteiger partial charge in [0.05, 0.1) is 6.04 Å². The number of anilines is 1. The summed E-state index contributed by atoms with van der Waals surface area (Å²) in [5, 5.41) is 27.8. The molecule has 2 rings (SSSR count). The molecule has 0 aliphatic carbocycles. The largest absolute Gasteiger partial charge is 0.508 e. The summed E-state index contributed by atoms with van der Waals surface area (Å²) in [4.78, 5) is 37.4. The van der Waals surface area contributed by atoms with Crippen LogP contribution in [0, 0.1) is 5.92 Å². The van der Waals surface area contributed by atoms with Crippen molar-refractivity contribution in [1.82, 2.24) is 10.6 Å². The second-order valence-corrected chi connectivity index (χ2v) is 8.49. The number of benzene rings is 2. The average molecular weight is 456 g/mol. The monoisotopic (exact) mass is 455 g/mol. The van der Waals surface area contributed by atoms with Gasteiger partial charge in [0.15, 0.2) is 0 Å². The number of aryl methyl sites for hydroxylation is 1. The quantitative estimate of drug-likeness (QED) is 0.335. The number of hydrogen-bond donors (Lipinski definition) is 5. The minimum absolute atomic E-state index is 0.114. The van der Waals surface area contributed by atoms with Crippen molar-refractivity contribution >= 4 is 23.5 Å². The number of carbonyl (C=O) groups excluding carboxylic acids is 2. The molecular weight excluding hydrogens is 422 g/mol. The Balaban J connectivity index is 2.15. The van der Waals surface area contributed by atoms with E-state index in [4.69, 9.17) is 0 Å². The molecule has 0 saturated carbocycles. The first-order valence-electron chi connectivity index (χ1n) is 11.1. The van der Waals surface area contributed by atoms with Gasteiger partial charge in [-0.3, -0.25) is 19.7 Å². The predicted octanol–water partition coefficient (Wildman–Crippen LogP) is 2.93. The molecule has 0 radical (unpaired) electrons. The number of carboxylic acids is 1. The number of nitrogens with one attached hydrogen (secondary N) is 3. The maximum absolute atomic E-state index is 13.1. The SMILES string of the molecule is CC(C)C[C@H](NC(=O)[C@H](CCc1ccccc1O)N[C@H](C)C(=O)O)C(=O)Nc1ccccc1. The number of amides is 2. The zero-order valence-corrected chi connectivity index (χ0v) is 19.2. The highest BCUT2D eigenvalue weighted by Crippen LogP contribution is 2.18. The van der Waals surface area contributed by atoms with Gasteiger partial charge in [0.1, 0.15) is 17.8 Å². The Morgan fingerprint density at radius 1 is 0.879 bits per heavy atom. The first kappa shape index (κ1) is 25.9. The van der Waals surface area contributed by atoms with E-state index in [0.29, 0.717) is 24.1 Å². The van der Waals surface area contributed by atoms with Gasteiger partial charge in [-0.25, -0.2) is 0 Å². The Hall–Kier alpha value is -3.39. The molecule has 2 aromatic carbocycles. The molecule has 3 atom stereocenters. The summed E-state index contributed by atoms with van der Waals surface area (Å²) in [6, 6.07) is 13.1. The van der Waals surface area contributed by atoms with Crippen LogP contribution in [-0.2, 0) is 20.8 Å². The van der Waals surface area contributed by atoms with Gasteiger partial charge in [-0.05, 0) is 55.9 Å². The van der Waals surface area contributed by atoms with E-state index >= 15 is 0 Å². The Kier molecular flexibility index (Phi) is 9.87. The molecule has 33 heavy (non-hydrogen) atoms. The zero-order chi connectivity index (χ0) is 24.4. The molecule has 0 bridgehead atoms. The van der Waals surface area contributed by atoms with E-state index in [1.165, 1.54) is 6.92 Å². The van der Waals surface area contributed by atoms with Gasteiger partial charge in [0.2, 0.25) is 11.8 Å². The number of para-hydroxylation sites is 2. The van der Waals surface area contributed by atoms with Gasteiger partial charge in [0, 0.05) is 5.69 Å². The lowest BCUT2D eigenvalue weighted by molar-refractivity contribution is -0.139. The van der Waals surface area contributed by atoms with Crippen molar-refractivity contribution in [3.63, 3.8) is 0 Å². The first-order chi connectivity index (χ1) is 15.7. The smallest absolute Gasteiger partial charge is 0.320 e. The molecule has 178 valence electrons. The minimum Gasteiger partial charge on any atom is -0.508 e. The van der Waals surface area contributed by atoms with E-state index in [-0.39, 0.29) is 24.0 Å². The molecule has 0 spiro atoms. The van der Waals surface area contributed by atoms with Crippen molar-refractivity contribution in [2.45, 2.75) is 58.2 Å². The fourth-order valence-electron chi connectivity index (χ4n) is 3.41. The molecule has 0 heterocycles. The van der Waals surface area contributed by atoms with Gasteiger partial charge in [-0.2, -0.15) is 0 Å². The van der Waals surface area contributed by atoms with Gasteiger partial charge < -0.3 is 20.8 Å². The highest BCUT2D eigenvalue weighted by Gasteiger charge is 2.28. The summed E-state index contributed by atoms with van der Waals surface area (Å²) in [6.07, 6.45) is 1.02. The van der Waals surface area contributed by atoms with E-state index in [9.17, 15) is 24.6 Å². The molecular formula is C25H33N3O5. The number of aliphatic carboxylic acids is 1. The maximum Gasteiger partial charge on any atom is 0.320 e. The van der Waals surface area contributed by atoms with Crippen molar-refractivity contribution in [2.75, 3.05) is 5.32 Å². The van der Waals surface area contributed by atoms with E-state index in [2.05, 4.69) is 16.0 Å². The van der Waals surface area contributed by atoms with Crippen molar-refractivity contribution in [1.29, 1.82) is 0 Å². The fraction of sp³-hybridized carbons (Fsp3) is 0.400. The fourth-order valence-corrected chi connectivity index (χ4v) is 3.41. The summed E-state index contributed by atoms with van der Waals surface area (Å²) < 4.78 is 0. The number of aromatic hydroxyl groups is 1. The Bertz CT molecular complexity index is 933. The van der Waals surface area contributed by atoms with E-state index in [1.807, 2.05) is 19.9 Å². The van der Waals surface area contributed by atoms with Crippen molar-refractivity contribution in [3.8, 4) is 5.75 Å². The highest BCUT2D eigenvalue weighted by molar-refractivity contribution is 5.97. The standard InChI is InChI=1S/C25H33N3O5/c1-16(2)15-21(24(31)27-19-10-5-4-6-11-19)28-23(30)20(26-17(3)25(32)33)14-13-18-9-7-8-12-22(18)29/h4-12,16-17,20-21,26,29H,13-15H2,1-3H3,(H,27,31)(H,28,30)(H,32,33)/t17-,20+,21+/m1/s1. The third-order valence-electron chi connectivity index (χ3n) is 5.21. The summed E-state index contributed by atoms with van der Waals surface area (Å²) >= 11 is 0. The van der Waals surface area contributed by atoms with Crippen molar-refractivity contribution < 1.29 is 24.6 Å². The second kappa shape index (κ2) is 12.6. The Morgan fingerprint density at radius 3 is 2.12 bits per heavy atom. The zero-order valence-electron chi connectivity index (χ0n) is 19.2. The normalized spacial score (nSPS) is 13.7.